The second kappa shape index (κ2) is 7.08. The minimum atomic E-state index is -0.441. The van der Waals surface area contributed by atoms with Gasteiger partial charge in [0.1, 0.15) is 0 Å². The van der Waals surface area contributed by atoms with Crippen LogP contribution in [0.4, 0.5) is 0 Å². The fourth-order valence-corrected chi connectivity index (χ4v) is 8.39. The number of Topliss-reactive ketones (excluding diaryl/α,β-unsaturated/α-hetero) is 1. The number of esters is 1. The van der Waals surface area contributed by atoms with Crippen LogP contribution in [0.25, 0.3) is 17.2 Å². The third-order valence-electron chi connectivity index (χ3n) is 10.8. The van der Waals surface area contributed by atoms with Gasteiger partial charge in [-0.3, -0.25) is 9.59 Å². The van der Waals surface area contributed by atoms with Crippen molar-refractivity contribution in [1.29, 1.82) is 0 Å². The molecule has 0 aliphatic heterocycles. The van der Waals surface area contributed by atoms with Crippen molar-refractivity contribution in [3.63, 3.8) is 0 Å². The Morgan fingerprint density at radius 1 is 1.06 bits per heavy atom. The van der Waals surface area contributed by atoms with Crippen molar-refractivity contribution in [1.82, 2.24) is 0 Å². The van der Waals surface area contributed by atoms with E-state index in [9.17, 15) is 14.7 Å². The SMILES string of the molecule is COC(=O)C1(C)CCC2(C)CCC3(C)c4ccc5c(c4=C(C)CC3(C)C2C1)=CC(=O)C(O)=C5C. The Labute approximate surface area is 202 Å². The maximum atomic E-state index is 12.8. The standard InChI is InChI=1S/C30H38O4/c1-17-15-30(6)23-16-28(4,26(33)34-7)11-10-27(23,3)12-13-29(30,5)21-9-8-19-18(2)25(32)22(31)14-20(19)24(17)21/h8-9,14,23,32H,10-13,15-16H2,1-7H3. The maximum Gasteiger partial charge on any atom is 0.311 e. The molecule has 2 fully saturated rings. The normalized spacial score (nSPS) is 38.9. The zero-order valence-corrected chi connectivity index (χ0v) is 21.7. The Morgan fingerprint density at radius 2 is 1.74 bits per heavy atom. The first-order chi connectivity index (χ1) is 15.8. The molecule has 0 aromatic heterocycles. The third-order valence-corrected chi connectivity index (χ3v) is 10.8. The lowest BCUT2D eigenvalue weighted by atomic mass is 9.38. The molecule has 1 aromatic carbocycles. The first kappa shape index (κ1) is 23.4. The van der Waals surface area contributed by atoms with Crippen molar-refractivity contribution < 1.29 is 19.4 Å². The Kier molecular flexibility index (Phi) is 4.87. The van der Waals surface area contributed by atoms with E-state index in [4.69, 9.17) is 4.74 Å². The molecule has 0 saturated heterocycles. The van der Waals surface area contributed by atoms with E-state index in [-0.39, 0.29) is 33.8 Å². The molecule has 34 heavy (non-hydrogen) atoms. The highest BCUT2D eigenvalue weighted by molar-refractivity contribution is 6.20. The number of carbonyl (C=O) groups is 2. The smallest absolute Gasteiger partial charge is 0.311 e. The number of aliphatic hydroxyl groups excluding tert-OH is 1. The average Bonchev–Trinajstić information content (AvgIpc) is 2.80. The summed E-state index contributed by atoms with van der Waals surface area (Å²) in [6.45, 7) is 13.5. The largest absolute Gasteiger partial charge is 0.504 e. The summed E-state index contributed by atoms with van der Waals surface area (Å²) in [5.41, 5.74) is 3.94. The third kappa shape index (κ3) is 2.77. The second-order valence-electron chi connectivity index (χ2n) is 12.6. The van der Waals surface area contributed by atoms with E-state index < -0.39 is 5.41 Å². The van der Waals surface area contributed by atoms with Crippen LogP contribution < -0.4 is 10.4 Å². The van der Waals surface area contributed by atoms with Crippen molar-refractivity contribution >= 4 is 29.0 Å². The van der Waals surface area contributed by atoms with Crippen molar-refractivity contribution in [3.8, 4) is 0 Å². The van der Waals surface area contributed by atoms with E-state index in [1.165, 1.54) is 23.5 Å². The second-order valence-corrected chi connectivity index (χ2v) is 12.6. The number of hydrogen-bond donors (Lipinski definition) is 1. The lowest BCUT2D eigenvalue weighted by molar-refractivity contribution is -0.168. The average molecular weight is 463 g/mol. The lowest BCUT2D eigenvalue weighted by Crippen LogP contribution is -2.63. The van der Waals surface area contributed by atoms with Crippen LogP contribution in [0.1, 0.15) is 91.2 Å². The number of benzene rings is 1. The zero-order chi connectivity index (χ0) is 24.8. The molecule has 1 aromatic rings. The van der Waals surface area contributed by atoms with Gasteiger partial charge in [0.25, 0.3) is 0 Å². The monoisotopic (exact) mass is 462 g/mol. The number of carbonyl (C=O) groups excluding carboxylic acids is 2. The van der Waals surface area contributed by atoms with Crippen LogP contribution >= 0.6 is 0 Å². The molecule has 2 saturated carbocycles. The molecule has 0 amide bonds. The fourth-order valence-electron chi connectivity index (χ4n) is 8.39. The van der Waals surface area contributed by atoms with Gasteiger partial charge < -0.3 is 9.84 Å². The van der Waals surface area contributed by atoms with Gasteiger partial charge in [-0.2, -0.15) is 0 Å². The number of allylic oxidation sites excluding steroid dienone is 2. The van der Waals surface area contributed by atoms with Crippen LogP contribution in [0.2, 0.25) is 0 Å². The summed E-state index contributed by atoms with van der Waals surface area (Å²) in [4.78, 5) is 25.4. The minimum Gasteiger partial charge on any atom is -0.504 e. The van der Waals surface area contributed by atoms with Gasteiger partial charge in [0.05, 0.1) is 12.5 Å². The molecule has 182 valence electrons. The molecule has 0 spiro atoms. The molecule has 1 N–H and O–H groups in total. The maximum absolute atomic E-state index is 12.8. The summed E-state index contributed by atoms with van der Waals surface area (Å²) in [6, 6.07) is 4.35. The molecule has 4 heteroatoms. The van der Waals surface area contributed by atoms with Crippen LogP contribution in [0, 0.1) is 22.2 Å². The van der Waals surface area contributed by atoms with Crippen LogP contribution in [-0.4, -0.2) is 24.0 Å². The van der Waals surface area contributed by atoms with Crippen molar-refractivity contribution in [2.45, 2.75) is 85.5 Å². The summed E-state index contributed by atoms with van der Waals surface area (Å²) in [5, 5.41) is 12.4. The van der Waals surface area contributed by atoms with Gasteiger partial charge in [0, 0.05) is 5.57 Å². The Bertz CT molecular complexity index is 1290. The number of ketones is 1. The highest BCUT2D eigenvalue weighted by Crippen LogP contribution is 2.69. The van der Waals surface area contributed by atoms with Gasteiger partial charge in [-0.05, 0) is 109 Å². The number of aliphatic hydroxyl groups is 1. The Hall–Kier alpha value is -2.36. The Balaban J connectivity index is 1.72. The van der Waals surface area contributed by atoms with Crippen LogP contribution in [0.5, 0.6) is 0 Å². The number of methoxy groups -OCH3 is 1. The molecule has 0 radical (unpaired) electrons. The molecule has 5 rings (SSSR count). The summed E-state index contributed by atoms with van der Waals surface area (Å²) in [7, 11) is 1.51. The predicted octanol–water partition coefficient (Wildman–Crippen LogP) is 4.96. The van der Waals surface area contributed by atoms with Gasteiger partial charge in [0.2, 0.25) is 5.78 Å². The molecule has 5 unspecified atom stereocenters. The highest BCUT2D eigenvalue weighted by Gasteiger charge is 2.64. The molecular formula is C30H38O4. The van der Waals surface area contributed by atoms with E-state index >= 15 is 0 Å². The fraction of sp³-hybridized carbons (Fsp3) is 0.600. The highest BCUT2D eigenvalue weighted by atomic mass is 16.5. The van der Waals surface area contributed by atoms with Gasteiger partial charge in [-0.25, -0.2) is 0 Å². The van der Waals surface area contributed by atoms with Crippen LogP contribution in [0.3, 0.4) is 0 Å². The van der Waals surface area contributed by atoms with Crippen molar-refractivity contribution in [2.24, 2.45) is 22.2 Å². The van der Waals surface area contributed by atoms with E-state index in [0.29, 0.717) is 11.5 Å². The van der Waals surface area contributed by atoms with Crippen LogP contribution in [0.15, 0.2) is 17.9 Å². The lowest BCUT2D eigenvalue weighted by Gasteiger charge is -2.66. The van der Waals surface area contributed by atoms with Gasteiger partial charge >= 0.3 is 5.97 Å². The summed E-state index contributed by atoms with van der Waals surface area (Å²) >= 11 is 0. The number of hydrogen-bond acceptors (Lipinski definition) is 4. The predicted molar refractivity (Wildman–Crippen MR) is 134 cm³/mol. The number of ether oxygens (including phenoxy) is 1. The molecule has 0 bridgehead atoms. The molecule has 0 heterocycles. The summed E-state index contributed by atoms with van der Waals surface area (Å²) in [5.74, 6) is -0.129. The zero-order valence-electron chi connectivity index (χ0n) is 21.7. The quantitative estimate of drug-likeness (QED) is 0.600. The number of rotatable bonds is 1. The van der Waals surface area contributed by atoms with E-state index in [0.717, 1.165) is 49.3 Å². The molecule has 4 nitrogen and oxygen atoms in total. The first-order valence-corrected chi connectivity index (χ1v) is 12.7. The number of fused-ring (bicyclic) bond motifs is 7. The minimum absolute atomic E-state index is 0.00722. The first-order valence-electron chi connectivity index (χ1n) is 12.7. The van der Waals surface area contributed by atoms with E-state index in [1.54, 1.807) is 6.08 Å². The molecule has 4 aliphatic carbocycles. The summed E-state index contributed by atoms with van der Waals surface area (Å²) < 4.78 is 5.26. The summed E-state index contributed by atoms with van der Waals surface area (Å²) in [6.07, 6.45) is 7.61. The van der Waals surface area contributed by atoms with E-state index in [1.807, 2.05) is 6.92 Å². The Morgan fingerprint density at radius 3 is 2.41 bits per heavy atom. The van der Waals surface area contributed by atoms with Crippen molar-refractivity contribution in [3.05, 3.63) is 39.5 Å². The van der Waals surface area contributed by atoms with Crippen LogP contribution in [-0.2, 0) is 19.7 Å². The molecule has 4 aliphatic rings. The van der Waals surface area contributed by atoms with Gasteiger partial charge in [0.15, 0.2) is 5.76 Å². The van der Waals surface area contributed by atoms with E-state index in [2.05, 4.69) is 46.8 Å². The molecule has 5 atom stereocenters. The van der Waals surface area contributed by atoms with Gasteiger partial charge in [-0.15, -0.1) is 0 Å². The van der Waals surface area contributed by atoms with Crippen molar-refractivity contribution in [2.75, 3.05) is 7.11 Å². The molecular weight excluding hydrogens is 424 g/mol. The topological polar surface area (TPSA) is 63.6 Å². The van der Waals surface area contributed by atoms with Gasteiger partial charge in [-0.1, -0.05) is 38.5 Å².